The van der Waals surface area contributed by atoms with Gasteiger partial charge in [-0.1, -0.05) is 37.3 Å². The summed E-state index contributed by atoms with van der Waals surface area (Å²) in [6.07, 6.45) is 2.60. The molecule has 5 heteroatoms. The Morgan fingerprint density at radius 2 is 2.00 bits per heavy atom. The Bertz CT molecular complexity index is 729. The van der Waals surface area contributed by atoms with E-state index in [0.29, 0.717) is 18.2 Å². The minimum atomic E-state index is -0.0756. The van der Waals surface area contributed by atoms with Crippen LogP contribution in [-0.2, 0) is 4.79 Å². The van der Waals surface area contributed by atoms with Crippen molar-refractivity contribution < 1.29 is 9.53 Å². The van der Waals surface area contributed by atoms with Gasteiger partial charge in [0.25, 0.3) is 5.91 Å². The van der Waals surface area contributed by atoms with Gasteiger partial charge in [0, 0.05) is 13.1 Å². The molecule has 1 saturated heterocycles. The van der Waals surface area contributed by atoms with E-state index in [4.69, 9.17) is 4.74 Å². The predicted octanol–water partition coefficient (Wildman–Crippen LogP) is 3.83. The normalized spacial score (nSPS) is 16.1. The zero-order valence-corrected chi connectivity index (χ0v) is 16.2. The van der Waals surface area contributed by atoms with Crippen molar-refractivity contribution in [2.75, 3.05) is 32.8 Å². The maximum absolute atomic E-state index is 12.1. The molecule has 2 aromatic carbocycles. The van der Waals surface area contributed by atoms with E-state index in [1.165, 1.54) is 25.9 Å². The average Bonchev–Trinajstić information content (AvgIpc) is 3.12. The predicted molar refractivity (Wildman–Crippen MR) is 105 cm³/mol. The molecule has 1 unspecified atom stereocenters. The van der Waals surface area contributed by atoms with E-state index < -0.39 is 0 Å². The lowest BCUT2D eigenvalue weighted by Crippen LogP contribution is -2.36. The molecule has 3 rings (SSSR count). The quantitative estimate of drug-likeness (QED) is 0.762. The van der Waals surface area contributed by atoms with E-state index in [2.05, 4.69) is 39.1 Å². The molecule has 0 radical (unpaired) electrons. The Kier molecular flexibility index (Phi) is 6.32. The topological polar surface area (TPSA) is 41.6 Å². The number of benzene rings is 2. The minimum absolute atomic E-state index is 0.0351. The zero-order valence-electron chi connectivity index (χ0n) is 14.6. The molecule has 0 aromatic heterocycles. The van der Waals surface area contributed by atoms with Gasteiger partial charge >= 0.3 is 0 Å². The molecule has 1 amide bonds. The van der Waals surface area contributed by atoms with E-state index in [-0.39, 0.29) is 12.5 Å². The third-order valence-electron chi connectivity index (χ3n) is 4.60. The molecule has 1 aliphatic rings. The first kappa shape index (κ1) is 18.2. The molecular formula is C20H25BrN2O2. The maximum atomic E-state index is 12.1. The van der Waals surface area contributed by atoms with Gasteiger partial charge in [0.05, 0.1) is 4.47 Å². The van der Waals surface area contributed by atoms with Gasteiger partial charge in [-0.3, -0.25) is 4.79 Å². The number of fused-ring (bicyclic) bond motifs is 1. The highest BCUT2D eigenvalue weighted by molar-refractivity contribution is 9.10. The van der Waals surface area contributed by atoms with Crippen LogP contribution in [-0.4, -0.2) is 43.6 Å². The summed E-state index contributed by atoms with van der Waals surface area (Å²) >= 11 is 3.58. The van der Waals surface area contributed by atoms with Crippen molar-refractivity contribution in [2.45, 2.75) is 19.8 Å². The second-order valence-electron chi connectivity index (χ2n) is 6.80. The molecule has 1 heterocycles. The van der Waals surface area contributed by atoms with Crippen LogP contribution in [0.3, 0.4) is 0 Å². The second kappa shape index (κ2) is 8.68. The van der Waals surface area contributed by atoms with Crippen molar-refractivity contribution in [3.8, 4) is 5.75 Å². The Morgan fingerprint density at radius 3 is 2.80 bits per heavy atom. The monoisotopic (exact) mass is 404 g/mol. The summed E-state index contributed by atoms with van der Waals surface area (Å²) in [4.78, 5) is 14.5. The number of hydrogen-bond acceptors (Lipinski definition) is 3. The summed E-state index contributed by atoms with van der Waals surface area (Å²) in [5.41, 5.74) is 0. The third-order valence-corrected chi connectivity index (χ3v) is 5.42. The molecule has 0 saturated carbocycles. The molecule has 4 nitrogen and oxygen atoms in total. The van der Waals surface area contributed by atoms with Crippen LogP contribution in [0.1, 0.15) is 19.8 Å². The molecule has 1 fully saturated rings. The molecule has 0 bridgehead atoms. The number of ether oxygens (including phenoxy) is 1. The van der Waals surface area contributed by atoms with E-state index in [9.17, 15) is 4.79 Å². The zero-order chi connectivity index (χ0) is 17.6. The van der Waals surface area contributed by atoms with Crippen LogP contribution in [0.5, 0.6) is 5.75 Å². The smallest absolute Gasteiger partial charge is 0.257 e. The largest absolute Gasteiger partial charge is 0.483 e. The number of carbonyl (C=O) groups is 1. The number of likely N-dealkylation sites (tertiary alicyclic amines) is 1. The molecule has 134 valence electrons. The van der Waals surface area contributed by atoms with Crippen LogP contribution in [0.25, 0.3) is 10.8 Å². The SMILES string of the molecule is CC(CNC(=O)COc1ccc2ccccc2c1Br)CN1CCCC1. The van der Waals surface area contributed by atoms with Gasteiger partial charge in [0.2, 0.25) is 0 Å². The van der Waals surface area contributed by atoms with E-state index in [1.54, 1.807) is 0 Å². The van der Waals surface area contributed by atoms with Crippen molar-refractivity contribution in [2.24, 2.45) is 5.92 Å². The van der Waals surface area contributed by atoms with Gasteiger partial charge in [-0.2, -0.15) is 0 Å². The lowest BCUT2D eigenvalue weighted by Gasteiger charge is -2.20. The summed E-state index contributed by atoms with van der Waals surface area (Å²) < 4.78 is 6.59. The van der Waals surface area contributed by atoms with E-state index >= 15 is 0 Å². The number of hydrogen-bond donors (Lipinski definition) is 1. The summed E-state index contributed by atoms with van der Waals surface area (Å²) in [5, 5.41) is 5.20. The summed E-state index contributed by atoms with van der Waals surface area (Å²) in [7, 11) is 0. The fourth-order valence-corrected chi connectivity index (χ4v) is 3.89. The lowest BCUT2D eigenvalue weighted by atomic mass is 10.1. The highest BCUT2D eigenvalue weighted by Crippen LogP contribution is 2.32. The maximum Gasteiger partial charge on any atom is 0.257 e. The second-order valence-corrected chi connectivity index (χ2v) is 7.60. The number of rotatable bonds is 7. The van der Waals surface area contributed by atoms with Crippen LogP contribution in [0.4, 0.5) is 0 Å². The average molecular weight is 405 g/mol. The van der Waals surface area contributed by atoms with Gasteiger partial charge in [-0.25, -0.2) is 0 Å². The number of nitrogens with one attached hydrogen (secondary N) is 1. The fraction of sp³-hybridized carbons (Fsp3) is 0.450. The Labute approximate surface area is 157 Å². The molecule has 1 N–H and O–H groups in total. The van der Waals surface area contributed by atoms with Gasteiger partial charge in [-0.15, -0.1) is 0 Å². The lowest BCUT2D eigenvalue weighted by molar-refractivity contribution is -0.123. The number of nitrogens with zero attached hydrogens (tertiary/aromatic N) is 1. The van der Waals surface area contributed by atoms with Crippen LogP contribution in [0, 0.1) is 5.92 Å². The van der Waals surface area contributed by atoms with Crippen LogP contribution < -0.4 is 10.1 Å². The standard InChI is InChI=1S/C20H25BrN2O2/c1-15(13-23-10-4-5-11-23)12-22-19(24)14-25-18-9-8-16-6-2-3-7-17(16)20(18)21/h2-3,6-9,15H,4-5,10-14H2,1H3,(H,22,24). The molecule has 0 aliphatic carbocycles. The minimum Gasteiger partial charge on any atom is -0.483 e. The summed E-state index contributed by atoms with van der Waals surface area (Å²) in [6.45, 7) is 6.34. The Morgan fingerprint density at radius 1 is 1.24 bits per heavy atom. The summed E-state index contributed by atoms with van der Waals surface area (Å²) in [6, 6.07) is 12.0. The van der Waals surface area contributed by atoms with Crippen LogP contribution in [0.2, 0.25) is 0 Å². The Hall–Kier alpha value is -1.59. The van der Waals surface area contributed by atoms with Gasteiger partial charge in [0.15, 0.2) is 6.61 Å². The van der Waals surface area contributed by atoms with Gasteiger partial charge in [-0.05, 0) is 64.6 Å². The Balaban J connectivity index is 1.46. The van der Waals surface area contributed by atoms with Crippen LogP contribution in [0.15, 0.2) is 40.9 Å². The first-order valence-electron chi connectivity index (χ1n) is 8.92. The number of amides is 1. The molecule has 1 aliphatic heterocycles. The van der Waals surface area contributed by atoms with Gasteiger partial charge < -0.3 is 15.0 Å². The molecule has 25 heavy (non-hydrogen) atoms. The van der Waals surface area contributed by atoms with Gasteiger partial charge in [0.1, 0.15) is 5.75 Å². The van der Waals surface area contributed by atoms with E-state index in [1.807, 2.05) is 30.3 Å². The van der Waals surface area contributed by atoms with Crippen molar-refractivity contribution in [1.29, 1.82) is 0 Å². The molecule has 0 spiro atoms. The summed E-state index contributed by atoms with van der Waals surface area (Å²) in [5.74, 6) is 1.07. The van der Waals surface area contributed by atoms with Crippen molar-refractivity contribution >= 4 is 32.6 Å². The van der Waals surface area contributed by atoms with E-state index in [0.717, 1.165) is 21.8 Å². The molecular weight excluding hydrogens is 380 g/mol. The highest BCUT2D eigenvalue weighted by Gasteiger charge is 2.15. The molecule has 2 aromatic rings. The number of halogens is 1. The first-order valence-corrected chi connectivity index (χ1v) is 9.72. The third kappa shape index (κ3) is 4.95. The van der Waals surface area contributed by atoms with Crippen molar-refractivity contribution in [1.82, 2.24) is 10.2 Å². The molecule has 1 atom stereocenters. The number of carbonyl (C=O) groups excluding carboxylic acids is 1. The van der Waals surface area contributed by atoms with Crippen LogP contribution >= 0.6 is 15.9 Å². The van der Waals surface area contributed by atoms with Crippen molar-refractivity contribution in [3.63, 3.8) is 0 Å². The highest BCUT2D eigenvalue weighted by atomic mass is 79.9. The van der Waals surface area contributed by atoms with Crippen molar-refractivity contribution in [3.05, 3.63) is 40.9 Å². The fourth-order valence-electron chi connectivity index (χ4n) is 3.28. The first-order chi connectivity index (χ1) is 12.1.